The van der Waals surface area contributed by atoms with Gasteiger partial charge in [0, 0.05) is 18.8 Å². The zero-order valence-corrected chi connectivity index (χ0v) is 15.2. The van der Waals surface area contributed by atoms with E-state index in [2.05, 4.69) is 23.1 Å². The Balaban J connectivity index is 1.83. The molecule has 3 aromatic rings. The maximum absolute atomic E-state index is 12.6. The molecular formula is C21H23N3O2. The Labute approximate surface area is 153 Å². The third kappa shape index (κ3) is 3.61. The predicted molar refractivity (Wildman–Crippen MR) is 104 cm³/mol. The van der Waals surface area contributed by atoms with Crippen molar-refractivity contribution >= 4 is 22.8 Å². The van der Waals surface area contributed by atoms with Crippen LogP contribution in [-0.2, 0) is 17.9 Å². The number of rotatable bonds is 6. The van der Waals surface area contributed by atoms with Gasteiger partial charge in [-0.15, -0.1) is 6.58 Å². The van der Waals surface area contributed by atoms with E-state index < -0.39 is 6.09 Å². The molecular weight excluding hydrogens is 326 g/mol. The van der Waals surface area contributed by atoms with Crippen LogP contribution in [0.25, 0.3) is 11.0 Å². The van der Waals surface area contributed by atoms with Crippen molar-refractivity contribution in [3.63, 3.8) is 0 Å². The number of aryl methyl sites for hydroxylation is 2. The molecule has 2 aromatic carbocycles. The normalized spacial score (nSPS) is 10.7. The van der Waals surface area contributed by atoms with Crippen LogP contribution in [0.5, 0.6) is 0 Å². The molecule has 1 aromatic heterocycles. The Morgan fingerprint density at radius 3 is 2.73 bits per heavy atom. The molecule has 0 aliphatic carbocycles. The summed E-state index contributed by atoms with van der Waals surface area (Å²) >= 11 is 0. The molecule has 3 rings (SSSR count). The molecule has 134 valence electrons. The molecule has 0 aliphatic heterocycles. The summed E-state index contributed by atoms with van der Waals surface area (Å²) in [6.45, 7) is 9.29. The fourth-order valence-electron chi connectivity index (χ4n) is 3.02. The number of anilines is 1. The van der Waals surface area contributed by atoms with E-state index in [1.54, 1.807) is 11.0 Å². The minimum Gasteiger partial charge on any atom is -0.444 e. The van der Waals surface area contributed by atoms with Gasteiger partial charge < -0.3 is 9.30 Å². The molecule has 5 nitrogen and oxygen atoms in total. The lowest BCUT2D eigenvalue weighted by atomic mass is 10.2. The van der Waals surface area contributed by atoms with Crippen molar-refractivity contribution in [3.05, 3.63) is 72.6 Å². The van der Waals surface area contributed by atoms with Gasteiger partial charge in [-0.05, 0) is 37.6 Å². The van der Waals surface area contributed by atoms with Gasteiger partial charge in [-0.2, -0.15) is 0 Å². The van der Waals surface area contributed by atoms with Crippen molar-refractivity contribution < 1.29 is 9.53 Å². The number of fused-ring (bicyclic) bond motifs is 1. The minimum atomic E-state index is -0.403. The summed E-state index contributed by atoms with van der Waals surface area (Å²) in [4.78, 5) is 18.8. The van der Waals surface area contributed by atoms with E-state index in [1.165, 1.54) is 0 Å². The molecule has 0 radical (unpaired) electrons. The zero-order valence-electron chi connectivity index (χ0n) is 15.2. The smallest absolute Gasteiger partial charge is 0.414 e. The Morgan fingerprint density at radius 1 is 1.27 bits per heavy atom. The van der Waals surface area contributed by atoms with Crippen LogP contribution in [0.4, 0.5) is 10.5 Å². The lowest BCUT2D eigenvalue weighted by molar-refractivity contribution is 0.148. The number of amides is 1. The van der Waals surface area contributed by atoms with Gasteiger partial charge in [0.2, 0.25) is 0 Å². The van der Waals surface area contributed by atoms with Gasteiger partial charge in [0.15, 0.2) is 0 Å². The quantitative estimate of drug-likeness (QED) is 0.606. The van der Waals surface area contributed by atoms with Crippen LogP contribution >= 0.6 is 0 Å². The summed E-state index contributed by atoms with van der Waals surface area (Å²) < 4.78 is 7.62. The molecule has 0 bridgehead atoms. The first-order valence-corrected chi connectivity index (χ1v) is 8.70. The van der Waals surface area contributed by atoms with Crippen molar-refractivity contribution in [2.45, 2.75) is 27.0 Å². The first-order chi connectivity index (χ1) is 12.6. The van der Waals surface area contributed by atoms with Crippen LogP contribution in [-0.4, -0.2) is 22.2 Å². The summed E-state index contributed by atoms with van der Waals surface area (Å²) in [6.07, 6.45) is 1.28. The van der Waals surface area contributed by atoms with Crippen LogP contribution < -0.4 is 4.90 Å². The molecule has 0 saturated carbocycles. The second-order valence-corrected chi connectivity index (χ2v) is 6.02. The first kappa shape index (κ1) is 17.7. The molecule has 1 heterocycles. The maximum atomic E-state index is 12.6. The SMILES string of the molecule is C=CCN(C(=O)OCc1ccccc1)c1ccc2c(c1)nc(C)n2CC. The van der Waals surface area contributed by atoms with Crippen molar-refractivity contribution in [2.75, 3.05) is 11.4 Å². The molecule has 0 atom stereocenters. The second kappa shape index (κ2) is 7.87. The van der Waals surface area contributed by atoms with Crippen molar-refractivity contribution in [2.24, 2.45) is 0 Å². The minimum absolute atomic E-state index is 0.235. The summed E-state index contributed by atoms with van der Waals surface area (Å²) in [5.74, 6) is 0.960. The third-order valence-corrected chi connectivity index (χ3v) is 4.29. The monoisotopic (exact) mass is 349 g/mol. The molecule has 0 aliphatic rings. The van der Waals surface area contributed by atoms with Gasteiger partial charge in [0.1, 0.15) is 12.4 Å². The fraction of sp³-hybridized carbons (Fsp3) is 0.238. The molecule has 0 spiro atoms. The topological polar surface area (TPSA) is 47.4 Å². The highest BCUT2D eigenvalue weighted by Crippen LogP contribution is 2.24. The van der Waals surface area contributed by atoms with Crippen LogP contribution in [0.1, 0.15) is 18.3 Å². The van der Waals surface area contributed by atoms with Crippen LogP contribution in [0.15, 0.2) is 61.2 Å². The predicted octanol–water partition coefficient (Wildman–Crippen LogP) is 4.69. The number of imidazole rings is 1. The standard InChI is InChI=1S/C21H23N3O2/c1-4-13-24(21(25)26-15-17-9-7-6-8-10-17)18-11-12-20-19(14-18)22-16(3)23(20)5-2/h4,6-12,14H,1,5,13,15H2,2-3H3. The molecule has 5 heteroatoms. The Kier molecular flexibility index (Phi) is 5.37. The van der Waals surface area contributed by atoms with Crippen LogP contribution in [0.3, 0.4) is 0 Å². The first-order valence-electron chi connectivity index (χ1n) is 8.70. The number of nitrogens with zero attached hydrogens (tertiary/aromatic N) is 3. The Hall–Kier alpha value is -3.08. The molecule has 0 unspecified atom stereocenters. The Morgan fingerprint density at radius 2 is 2.04 bits per heavy atom. The van der Waals surface area contributed by atoms with E-state index in [0.717, 1.165) is 34.7 Å². The second-order valence-electron chi connectivity index (χ2n) is 6.02. The van der Waals surface area contributed by atoms with E-state index in [0.29, 0.717) is 6.54 Å². The third-order valence-electron chi connectivity index (χ3n) is 4.29. The van der Waals surface area contributed by atoms with Gasteiger partial charge in [0.05, 0.1) is 11.0 Å². The molecule has 1 amide bonds. The van der Waals surface area contributed by atoms with E-state index in [-0.39, 0.29) is 6.61 Å². The number of aromatic nitrogens is 2. The maximum Gasteiger partial charge on any atom is 0.414 e. The number of carbonyl (C=O) groups is 1. The summed E-state index contributed by atoms with van der Waals surface area (Å²) in [6, 6.07) is 15.5. The number of benzene rings is 2. The molecule has 0 saturated heterocycles. The van der Waals surface area contributed by atoms with E-state index in [1.807, 2.05) is 55.5 Å². The fourth-order valence-corrected chi connectivity index (χ4v) is 3.02. The largest absolute Gasteiger partial charge is 0.444 e. The average molecular weight is 349 g/mol. The van der Waals surface area contributed by atoms with Crippen molar-refractivity contribution in [3.8, 4) is 0 Å². The highest BCUT2D eigenvalue weighted by Gasteiger charge is 2.18. The van der Waals surface area contributed by atoms with Gasteiger partial charge in [0.25, 0.3) is 0 Å². The summed E-state index contributed by atoms with van der Waals surface area (Å²) in [7, 11) is 0. The Bertz CT molecular complexity index is 916. The highest BCUT2D eigenvalue weighted by molar-refractivity contribution is 5.91. The van der Waals surface area contributed by atoms with Gasteiger partial charge in [-0.25, -0.2) is 9.78 Å². The summed E-state index contributed by atoms with van der Waals surface area (Å²) in [5, 5.41) is 0. The van der Waals surface area contributed by atoms with E-state index >= 15 is 0 Å². The van der Waals surface area contributed by atoms with E-state index in [9.17, 15) is 4.79 Å². The van der Waals surface area contributed by atoms with Crippen molar-refractivity contribution in [1.82, 2.24) is 9.55 Å². The lowest BCUT2D eigenvalue weighted by Crippen LogP contribution is -2.31. The van der Waals surface area contributed by atoms with Gasteiger partial charge in [-0.3, -0.25) is 4.90 Å². The molecule has 0 N–H and O–H groups in total. The number of hydrogen-bond donors (Lipinski definition) is 0. The van der Waals surface area contributed by atoms with Gasteiger partial charge in [-0.1, -0.05) is 36.4 Å². The number of carbonyl (C=O) groups excluding carboxylic acids is 1. The molecule has 0 fully saturated rings. The number of ether oxygens (including phenoxy) is 1. The highest BCUT2D eigenvalue weighted by atomic mass is 16.6. The zero-order chi connectivity index (χ0) is 18.5. The summed E-state index contributed by atoms with van der Waals surface area (Å²) in [5.41, 5.74) is 3.63. The van der Waals surface area contributed by atoms with E-state index in [4.69, 9.17) is 4.74 Å². The lowest BCUT2D eigenvalue weighted by Gasteiger charge is -2.21. The average Bonchev–Trinajstić information content (AvgIpc) is 2.99. The van der Waals surface area contributed by atoms with Crippen molar-refractivity contribution in [1.29, 1.82) is 0 Å². The van der Waals surface area contributed by atoms with Crippen LogP contribution in [0.2, 0.25) is 0 Å². The molecule has 26 heavy (non-hydrogen) atoms. The van der Waals surface area contributed by atoms with Gasteiger partial charge >= 0.3 is 6.09 Å². The van der Waals surface area contributed by atoms with Crippen LogP contribution in [0, 0.1) is 6.92 Å². The number of hydrogen-bond acceptors (Lipinski definition) is 3.